The van der Waals surface area contributed by atoms with Crippen LogP contribution in [0.3, 0.4) is 0 Å². The van der Waals surface area contributed by atoms with Crippen LogP contribution in [0, 0.1) is 0 Å². The average molecular weight is 717 g/mol. The molecule has 230 valence electrons. The summed E-state index contributed by atoms with van der Waals surface area (Å²) in [7, 11) is 0. The molecule has 2 aromatic heterocycles. The van der Waals surface area contributed by atoms with E-state index in [1.165, 1.54) is 33.6 Å². The maximum absolute atomic E-state index is 3.86. The number of aromatic nitrogens is 2. The van der Waals surface area contributed by atoms with Crippen LogP contribution in [-0.2, 0) is 25.9 Å². The molecule has 0 saturated heterocycles. The number of halogens is 2. The minimum absolute atomic E-state index is 0. The summed E-state index contributed by atoms with van der Waals surface area (Å²) >= 11 is 0. The van der Waals surface area contributed by atoms with E-state index in [1.807, 2.05) is 24.3 Å². The zero-order valence-corrected chi connectivity index (χ0v) is 28.7. The topological polar surface area (TPSA) is 14.2 Å². The standard InChI is InChI=1S/C38H44N4.2BrH/c1-5-23-41(24-6-2)37-19-27-39(28-20-37)31-35-15-11-33(12-16-35)9-10-34-13-17-36(18-14-34)32-40-29-21-38(22-30-40)42(25-7-3)26-8-4;;/h5-8,11-22,27-30H,1-4,9-10,23-26,31-32H2;2*1H/q+2;;/p-2. The van der Waals surface area contributed by atoms with E-state index in [4.69, 9.17) is 0 Å². The van der Waals surface area contributed by atoms with Gasteiger partial charge in [0.1, 0.15) is 0 Å². The molecule has 0 radical (unpaired) electrons. The first kappa shape index (κ1) is 36.5. The Balaban J connectivity index is 0.00000337. The van der Waals surface area contributed by atoms with Crippen molar-refractivity contribution in [2.24, 2.45) is 0 Å². The number of aryl methyl sites for hydroxylation is 2. The number of anilines is 2. The van der Waals surface area contributed by atoms with Crippen LogP contribution in [-0.4, -0.2) is 26.2 Å². The molecule has 0 aliphatic rings. The number of hydrogen-bond acceptors (Lipinski definition) is 2. The van der Waals surface area contributed by atoms with Gasteiger partial charge in [-0.05, 0) is 24.0 Å². The average Bonchev–Trinajstić information content (AvgIpc) is 3.02. The van der Waals surface area contributed by atoms with Crippen LogP contribution >= 0.6 is 0 Å². The van der Waals surface area contributed by atoms with E-state index in [9.17, 15) is 0 Å². The van der Waals surface area contributed by atoms with Gasteiger partial charge in [-0.25, -0.2) is 9.13 Å². The minimum atomic E-state index is 0. The summed E-state index contributed by atoms with van der Waals surface area (Å²) in [5, 5.41) is 0. The monoisotopic (exact) mass is 714 g/mol. The lowest BCUT2D eigenvalue weighted by atomic mass is 10.0. The van der Waals surface area contributed by atoms with Gasteiger partial charge >= 0.3 is 0 Å². The summed E-state index contributed by atoms with van der Waals surface area (Å²) in [5.41, 5.74) is 7.69. The lowest BCUT2D eigenvalue weighted by Crippen LogP contribution is -3.00. The van der Waals surface area contributed by atoms with E-state index >= 15 is 0 Å². The van der Waals surface area contributed by atoms with Crippen LogP contribution in [0.5, 0.6) is 0 Å². The van der Waals surface area contributed by atoms with Gasteiger partial charge in [0, 0.05) is 72.9 Å². The summed E-state index contributed by atoms with van der Waals surface area (Å²) in [6.07, 6.45) is 18.3. The maximum atomic E-state index is 3.86. The van der Waals surface area contributed by atoms with E-state index in [0.29, 0.717) is 0 Å². The van der Waals surface area contributed by atoms with Crippen LogP contribution in [0.1, 0.15) is 22.3 Å². The highest BCUT2D eigenvalue weighted by atomic mass is 79.9. The fraction of sp³-hybridized carbons (Fsp3) is 0.211. The zero-order valence-electron chi connectivity index (χ0n) is 25.6. The van der Waals surface area contributed by atoms with Crippen LogP contribution in [0.2, 0.25) is 0 Å². The Morgan fingerprint density at radius 3 is 0.977 bits per heavy atom. The Bertz CT molecular complexity index is 1300. The lowest BCUT2D eigenvalue weighted by molar-refractivity contribution is -0.688. The normalized spacial score (nSPS) is 10.1. The van der Waals surface area contributed by atoms with Crippen LogP contribution in [0.25, 0.3) is 0 Å². The van der Waals surface area contributed by atoms with Gasteiger partial charge in [0.15, 0.2) is 37.9 Å². The molecule has 0 spiro atoms. The molecule has 44 heavy (non-hydrogen) atoms. The van der Waals surface area contributed by atoms with Gasteiger partial charge < -0.3 is 43.8 Å². The molecule has 4 nitrogen and oxygen atoms in total. The van der Waals surface area contributed by atoms with E-state index in [2.05, 4.69) is 143 Å². The van der Waals surface area contributed by atoms with Gasteiger partial charge in [0.25, 0.3) is 0 Å². The SMILES string of the molecule is C=CCN(CC=C)c1cc[n+](Cc2ccc(CCc3ccc(C[n+]4ccc(N(CC=C)CC=C)cc4)cc3)cc2)cc1.[Br-].[Br-]. The zero-order chi connectivity index (χ0) is 29.6. The Morgan fingerprint density at radius 1 is 0.432 bits per heavy atom. The van der Waals surface area contributed by atoms with Crippen molar-refractivity contribution in [2.45, 2.75) is 25.9 Å². The van der Waals surface area contributed by atoms with Crippen molar-refractivity contribution < 1.29 is 43.1 Å². The maximum Gasteiger partial charge on any atom is 0.173 e. The summed E-state index contributed by atoms with van der Waals surface area (Å²) in [6.45, 7) is 20.4. The first-order valence-corrected chi connectivity index (χ1v) is 14.7. The van der Waals surface area contributed by atoms with E-state index in [0.717, 1.165) is 52.1 Å². The number of rotatable bonds is 17. The van der Waals surface area contributed by atoms with Gasteiger partial charge in [-0.15, -0.1) is 26.3 Å². The lowest BCUT2D eigenvalue weighted by Gasteiger charge is -2.20. The molecule has 0 bridgehead atoms. The molecule has 0 unspecified atom stereocenters. The van der Waals surface area contributed by atoms with E-state index < -0.39 is 0 Å². The fourth-order valence-electron chi connectivity index (χ4n) is 5.06. The third-order valence-electron chi connectivity index (χ3n) is 7.35. The van der Waals surface area contributed by atoms with Crippen molar-refractivity contribution in [1.29, 1.82) is 0 Å². The second-order valence-electron chi connectivity index (χ2n) is 10.6. The molecule has 0 atom stereocenters. The van der Waals surface area contributed by atoms with Gasteiger partial charge in [-0.3, -0.25) is 0 Å². The molecule has 0 aliphatic heterocycles. The molecule has 0 N–H and O–H groups in total. The van der Waals surface area contributed by atoms with Gasteiger partial charge in [0.05, 0.1) is 0 Å². The highest BCUT2D eigenvalue weighted by Crippen LogP contribution is 2.14. The summed E-state index contributed by atoms with van der Waals surface area (Å²) in [4.78, 5) is 4.49. The predicted molar refractivity (Wildman–Crippen MR) is 177 cm³/mol. The summed E-state index contributed by atoms with van der Waals surface area (Å²) in [6, 6.07) is 26.7. The Hall–Kier alpha value is -3.74. The number of hydrogen-bond donors (Lipinski definition) is 0. The molecular weight excluding hydrogens is 672 g/mol. The third kappa shape index (κ3) is 11.1. The molecular formula is C38H44Br2N4. The van der Waals surface area contributed by atoms with Crippen molar-refractivity contribution in [3.05, 3.63) is 170 Å². The first-order valence-electron chi connectivity index (χ1n) is 14.7. The molecule has 4 aromatic rings. The van der Waals surface area contributed by atoms with Crippen LogP contribution in [0.4, 0.5) is 11.4 Å². The van der Waals surface area contributed by atoms with Crippen molar-refractivity contribution in [3.8, 4) is 0 Å². The van der Waals surface area contributed by atoms with Gasteiger partial charge in [-0.1, -0.05) is 72.8 Å². The fourth-order valence-corrected chi connectivity index (χ4v) is 5.06. The molecule has 0 fully saturated rings. The molecule has 6 heteroatoms. The van der Waals surface area contributed by atoms with Crippen LogP contribution < -0.4 is 52.9 Å². The number of nitrogens with zero attached hydrogens (tertiary/aromatic N) is 4. The number of pyridine rings is 2. The smallest absolute Gasteiger partial charge is 0.173 e. The minimum Gasteiger partial charge on any atom is -1.00 e. The molecule has 2 aromatic carbocycles. The van der Waals surface area contributed by atoms with Gasteiger partial charge in [-0.2, -0.15) is 0 Å². The van der Waals surface area contributed by atoms with Crippen molar-refractivity contribution in [2.75, 3.05) is 36.0 Å². The molecule has 0 amide bonds. The molecule has 0 aliphatic carbocycles. The molecule has 4 rings (SSSR count). The van der Waals surface area contributed by atoms with Crippen molar-refractivity contribution in [3.63, 3.8) is 0 Å². The highest BCUT2D eigenvalue weighted by molar-refractivity contribution is 5.46. The summed E-state index contributed by atoms with van der Waals surface area (Å²) in [5.74, 6) is 0. The Morgan fingerprint density at radius 2 is 0.705 bits per heavy atom. The van der Waals surface area contributed by atoms with Crippen molar-refractivity contribution >= 4 is 11.4 Å². The molecule has 0 saturated carbocycles. The van der Waals surface area contributed by atoms with Crippen molar-refractivity contribution in [1.82, 2.24) is 0 Å². The number of benzene rings is 2. The second kappa shape index (κ2) is 19.5. The largest absolute Gasteiger partial charge is 1.00 e. The van der Waals surface area contributed by atoms with E-state index in [-0.39, 0.29) is 34.0 Å². The highest BCUT2D eigenvalue weighted by Gasteiger charge is 2.09. The van der Waals surface area contributed by atoms with Gasteiger partial charge in [0.2, 0.25) is 0 Å². The molecule has 2 heterocycles. The van der Waals surface area contributed by atoms with E-state index in [1.54, 1.807) is 0 Å². The first-order chi connectivity index (χ1) is 20.6. The second-order valence-corrected chi connectivity index (χ2v) is 10.6. The third-order valence-corrected chi connectivity index (χ3v) is 7.35. The summed E-state index contributed by atoms with van der Waals surface area (Å²) < 4.78 is 4.43. The van der Waals surface area contributed by atoms with Crippen LogP contribution in [0.15, 0.2) is 148 Å². The predicted octanol–water partition coefficient (Wildman–Crippen LogP) is 0.508. The quantitative estimate of drug-likeness (QED) is 0.117. The Kier molecular flexibility index (Phi) is 16.2. The Labute approximate surface area is 285 Å².